The number of hydrogen-bond donors (Lipinski definition) is 1. The van der Waals surface area contributed by atoms with E-state index in [1.165, 1.54) is 6.07 Å². The van der Waals surface area contributed by atoms with Crippen LogP contribution in [0.15, 0.2) is 6.07 Å². The van der Waals surface area contributed by atoms with Gasteiger partial charge in [-0.05, 0) is 13.0 Å². The van der Waals surface area contributed by atoms with Gasteiger partial charge in [0.05, 0.1) is 11.1 Å². The van der Waals surface area contributed by atoms with E-state index in [0.29, 0.717) is 5.56 Å². The average molecular weight is 220 g/mol. The summed E-state index contributed by atoms with van der Waals surface area (Å²) in [7, 11) is 0. The van der Waals surface area contributed by atoms with Crippen molar-refractivity contribution in [2.24, 2.45) is 5.73 Å². The number of benzene rings is 1. The lowest BCUT2D eigenvalue weighted by molar-refractivity contribution is 0.218. The second-order valence-corrected chi connectivity index (χ2v) is 3.66. The van der Waals surface area contributed by atoms with Crippen LogP contribution in [0, 0.1) is 11.6 Å². The van der Waals surface area contributed by atoms with E-state index in [1.54, 1.807) is 6.92 Å². The molecule has 2 N–H and O–H groups in total. The first-order valence-corrected chi connectivity index (χ1v) is 4.49. The molecule has 0 saturated heterocycles. The fraction of sp³-hybridized carbons (Fsp3) is 0.333. The van der Waals surface area contributed by atoms with Crippen molar-refractivity contribution >= 4 is 11.6 Å². The SMILES string of the molecule is CC1Oc2c(cc(Cl)c(F)c2F)C1N. The third kappa shape index (κ3) is 1.18. The lowest BCUT2D eigenvalue weighted by Crippen LogP contribution is -2.21. The topological polar surface area (TPSA) is 35.2 Å². The van der Waals surface area contributed by atoms with Gasteiger partial charge in [-0.3, -0.25) is 0 Å². The predicted octanol–water partition coefficient (Wildman–Crippen LogP) is 2.40. The molecule has 1 heterocycles. The first kappa shape index (κ1) is 9.68. The fourth-order valence-electron chi connectivity index (χ4n) is 1.48. The molecule has 1 aliphatic rings. The molecule has 0 aromatic heterocycles. The average Bonchev–Trinajstić information content (AvgIpc) is 2.42. The van der Waals surface area contributed by atoms with Crippen LogP contribution in [0.25, 0.3) is 0 Å². The maximum atomic E-state index is 13.3. The summed E-state index contributed by atoms with van der Waals surface area (Å²) in [6.45, 7) is 1.69. The van der Waals surface area contributed by atoms with Gasteiger partial charge in [0.1, 0.15) is 6.10 Å². The van der Waals surface area contributed by atoms with Crippen molar-refractivity contribution in [2.75, 3.05) is 0 Å². The summed E-state index contributed by atoms with van der Waals surface area (Å²) in [6, 6.07) is 0.848. The Morgan fingerprint density at radius 1 is 1.43 bits per heavy atom. The van der Waals surface area contributed by atoms with E-state index >= 15 is 0 Å². The Morgan fingerprint density at radius 3 is 2.71 bits per heavy atom. The van der Waals surface area contributed by atoms with E-state index < -0.39 is 17.7 Å². The Morgan fingerprint density at radius 2 is 2.07 bits per heavy atom. The molecule has 0 fully saturated rings. The lowest BCUT2D eigenvalue weighted by atomic mass is 10.1. The normalized spacial score (nSPS) is 24.6. The molecule has 0 spiro atoms. The number of nitrogens with two attached hydrogens (primary N) is 1. The Balaban J connectivity index is 2.64. The van der Waals surface area contributed by atoms with Gasteiger partial charge in [-0.15, -0.1) is 0 Å². The van der Waals surface area contributed by atoms with Gasteiger partial charge in [-0.2, -0.15) is 4.39 Å². The summed E-state index contributed by atoms with van der Waals surface area (Å²) in [5, 5.41) is -0.269. The molecule has 2 atom stereocenters. The quantitative estimate of drug-likeness (QED) is 0.680. The van der Waals surface area contributed by atoms with E-state index in [2.05, 4.69) is 0 Å². The fourth-order valence-corrected chi connectivity index (χ4v) is 1.68. The minimum Gasteiger partial charge on any atom is -0.485 e. The third-order valence-electron chi connectivity index (χ3n) is 2.31. The van der Waals surface area contributed by atoms with Gasteiger partial charge < -0.3 is 10.5 Å². The van der Waals surface area contributed by atoms with Crippen LogP contribution >= 0.6 is 11.6 Å². The van der Waals surface area contributed by atoms with Gasteiger partial charge in [-0.1, -0.05) is 11.6 Å². The Kier molecular flexibility index (Phi) is 2.12. The van der Waals surface area contributed by atoms with Crippen LogP contribution in [-0.4, -0.2) is 6.10 Å². The van der Waals surface area contributed by atoms with Crippen LogP contribution in [-0.2, 0) is 0 Å². The number of rotatable bonds is 0. The van der Waals surface area contributed by atoms with Gasteiger partial charge in [0.25, 0.3) is 0 Å². The molecule has 76 valence electrons. The van der Waals surface area contributed by atoms with Crippen LogP contribution in [0.1, 0.15) is 18.5 Å². The van der Waals surface area contributed by atoms with Gasteiger partial charge >= 0.3 is 0 Å². The van der Waals surface area contributed by atoms with Crippen LogP contribution in [0.5, 0.6) is 5.75 Å². The van der Waals surface area contributed by atoms with E-state index in [-0.39, 0.29) is 16.9 Å². The van der Waals surface area contributed by atoms with Gasteiger partial charge in [0.2, 0.25) is 5.82 Å². The van der Waals surface area contributed by atoms with Crippen molar-refractivity contribution in [1.82, 2.24) is 0 Å². The zero-order chi connectivity index (χ0) is 10.5. The molecule has 0 bridgehead atoms. The molecule has 2 unspecified atom stereocenters. The van der Waals surface area contributed by atoms with E-state index in [0.717, 1.165) is 0 Å². The van der Waals surface area contributed by atoms with Gasteiger partial charge in [0.15, 0.2) is 11.6 Å². The second kappa shape index (κ2) is 3.07. The second-order valence-electron chi connectivity index (χ2n) is 3.25. The molecule has 0 aliphatic carbocycles. The smallest absolute Gasteiger partial charge is 0.202 e. The largest absolute Gasteiger partial charge is 0.485 e. The van der Waals surface area contributed by atoms with Crippen LogP contribution in [0.4, 0.5) is 8.78 Å². The summed E-state index contributed by atoms with van der Waals surface area (Å²) in [6.07, 6.45) is -0.364. The van der Waals surface area contributed by atoms with Crippen LogP contribution < -0.4 is 10.5 Å². The van der Waals surface area contributed by atoms with Crippen LogP contribution in [0.3, 0.4) is 0 Å². The Hall–Kier alpha value is -0.870. The third-order valence-corrected chi connectivity index (χ3v) is 2.59. The number of hydrogen-bond acceptors (Lipinski definition) is 2. The molecule has 1 aliphatic heterocycles. The Labute approximate surface area is 84.6 Å². The molecule has 2 rings (SSSR count). The van der Waals surface area contributed by atoms with Crippen molar-refractivity contribution in [3.05, 3.63) is 28.3 Å². The highest BCUT2D eigenvalue weighted by molar-refractivity contribution is 6.30. The molecule has 1 aromatic carbocycles. The Bertz CT molecular complexity index is 397. The number of ether oxygens (including phenoxy) is 1. The summed E-state index contributed by atoms with van der Waals surface area (Å²) in [4.78, 5) is 0. The standard InChI is InChI=1S/C9H8ClF2NO/c1-3-8(13)4-2-5(10)6(11)7(12)9(4)14-3/h2-3,8H,13H2,1H3. The summed E-state index contributed by atoms with van der Waals surface area (Å²) in [5.74, 6) is -2.27. The molecule has 14 heavy (non-hydrogen) atoms. The van der Waals surface area contributed by atoms with Crippen LogP contribution in [0.2, 0.25) is 5.02 Å². The molecule has 5 heteroatoms. The molecular formula is C9H8ClF2NO. The van der Waals surface area contributed by atoms with Crippen molar-refractivity contribution < 1.29 is 13.5 Å². The lowest BCUT2D eigenvalue weighted by Gasteiger charge is -2.07. The van der Waals surface area contributed by atoms with E-state index in [4.69, 9.17) is 22.1 Å². The minimum absolute atomic E-state index is 0.119. The zero-order valence-corrected chi connectivity index (χ0v) is 8.11. The summed E-state index contributed by atoms with van der Waals surface area (Å²) in [5.41, 5.74) is 6.12. The summed E-state index contributed by atoms with van der Waals surface area (Å²) < 4.78 is 31.4. The molecule has 2 nitrogen and oxygen atoms in total. The van der Waals surface area contributed by atoms with E-state index in [1.807, 2.05) is 0 Å². The van der Waals surface area contributed by atoms with Gasteiger partial charge in [0, 0.05) is 5.56 Å². The zero-order valence-electron chi connectivity index (χ0n) is 7.35. The molecular weight excluding hydrogens is 212 g/mol. The molecule has 1 aromatic rings. The van der Waals surface area contributed by atoms with Crippen molar-refractivity contribution in [2.45, 2.75) is 19.1 Å². The van der Waals surface area contributed by atoms with E-state index in [9.17, 15) is 8.78 Å². The highest BCUT2D eigenvalue weighted by atomic mass is 35.5. The first-order valence-electron chi connectivity index (χ1n) is 4.12. The van der Waals surface area contributed by atoms with Crippen molar-refractivity contribution in [3.63, 3.8) is 0 Å². The minimum atomic E-state index is -1.09. The van der Waals surface area contributed by atoms with Gasteiger partial charge in [-0.25, -0.2) is 4.39 Å². The summed E-state index contributed by atoms with van der Waals surface area (Å²) >= 11 is 5.48. The number of fused-ring (bicyclic) bond motifs is 1. The highest BCUT2D eigenvalue weighted by Gasteiger charge is 2.33. The van der Waals surface area contributed by atoms with Crippen molar-refractivity contribution in [1.29, 1.82) is 0 Å². The number of halogens is 3. The molecule has 0 amide bonds. The maximum Gasteiger partial charge on any atom is 0.202 e. The monoisotopic (exact) mass is 219 g/mol. The molecule has 0 saturated carbocycles. The highest BCUT2D eigenvalue weighted by Crippen LogP contribution is 2.40. The molecule has 0 radical (unpaired) electrons. The van der Waals surface area contributed by atoms with Crippen molar-refractivity contribution in [3.8, 4) is 5.75 Å². The predicted molar refractivity (Wildman–Crippen MR) is 48.4 cm³/mol. The maximum absolute atomic E-state index is 13.3. The first-order chi connectivity index (χ1) is 6.52.